The SMILES string of the molecule is CC1=NC2SC(C)=NC2S1. The van der Waals surface area contributed by atoms with Crippen LogP contribution in [0.4, 0.5) is 0 Å². The van der Waals surface area contributed by atoms with Gasteiger partial charge in [-0.1, -0.05) is 23.5 Å². The predicted molar refractivity (Wildman–Crippen MR) is 49.0 cm³/mol. The van der Waals surface area contributed by atoms with Crippen molar-refractivity contribution in [2.75, 3.05) is 0 Å². The molecule has 0 aromatic carbocycles. The number of thioether (sulfide) groups is 2. The average molecular weight is 172 g/mol. The molecule has 0 N–H and O–H groups in total. The van der Waals surface area contributed by atoms with Crippen LogP contribution in [-0.4, -0.2) is 20.8 Å². The second-order valence-corrected chi connectivity index (χ2v) is 4.93. The lowest BCUT2D eigenvalue weighted by molar-refractivity contribution is 0.897. The predicted octanol–water partition coefficient (Wildman–Crippen LogP) is 1.97. The molecule has 4 heteroatoms. The highest BCUT2D eigenvalue weighted by Crippen LogP contribution is 2.39. The third-order valence-corrected chi connectivity index (χ3v) is 3.72. The van der Waals surface area contributed by atoms with E-state index in [2.05, 4.69) is 23.8 Å². The molecule has 0 aromatic heterocycles. The van der Waals surface area contributed by atoms with E-state index in [0.29, 0.717) is 10.7 Å². The minimum absolute atomic E-state index is 0.394. The van der Waals surface area contributed by atoms with Gasteiger partial charge in [0.15, 0.2) is 0 Å². The summed E-state index contributed by atoms with van der Waals surface area (Å²) in [5.74, 6) is 0. The molecule has 0 fully saturated rings. The molecule has 54 valence electrons. The lowest BCUT2D eigenvalue weighted by Gasteiger charge is -1.99. The van der Waals surface area contributed by atoms with Crippen LogP contribution >= 0.6 is 23.5 Å². The number of fused-ring (bicyclic) bond motifs is 1. The van der Waals surface area contributed by atoms with E-state index >= 15 is 0 Å². The first-order valence-electron chi connectivity index (χ1n) is 3.18. The first-order chi connectivity index (χ1) is 4.75. The van der Waals surface area contributed by atoms with E-state index in [-0.39, 0.29) is 0 Å². The number of aliphatic imine (C=N–C) groups is 2. The van der Waals surface area contributed by atoms with Crippen molar-refractivity contribution in [3.8, 4) is 0 Å². The highest BCUT2D eigenvalue weighted by molar-refractivity contribution is 8.19. The van der Waals surface area contributed by atoms with Gasteiger partial charge in [-0.3, -0.25) is 9.98 Å². The van der Waals surface area contributed by atoms with Crippen LogP contribution in [0.15, 0.2) is 9.98 Å². The van der Waals surface area contributed by atoms with Gasteiger partial charge in [0, 0.05) is 0 Å². The smallest absolute Gasteiger partial charge is 0.134 e. The summed E-state index contributed by atoms with van der Waals surface area (Å²) in [6.07, 6.45) is 0. The number of rotatable bonds is 0. The van der Waals surface area contributed by atoms with Gasteiger partial charge in [-0.15, -0.1) is 0 Å². The molecular formula is C6H8N2S2. The van der Waals surface area contributed by atoms with Crippen LogP contribution in [-0.2, 0) is 0 Å². The first-order valence-corrected chi connectivity index (χ1v) is 4.94. The summed E-state index contributed by atoms with van der Waals surface area (Å²) in [5, 5.41) is 3.15. The van der Waals surface area contributed by atoms with Crippen LogP contribution in [0, 0.1) is 0 Å². The molecule has 2 rings (SSSR count). The third kappa shape index (κ3) is 0.992. The Hall–Kier alpha value is 0.0400. The lowest BCUT2D eigenvalue weighted by Crippen LogP contribution is -2.03. The van der Waals surface area contributed by atoms with Crippen molar-refractivity contribution < 1.29 is 0 Å². The van der Waals surface area contributed by atoms with Gasteiger partial charge < -0.3 is 0 Å². The molecule has 0 bridgehead atoms. The van der Waals surface area contributed by atoms with E-state index in [1.54, 1.807) is 23.5 Å². The molecule has 0 spiro atoms. The topological polar surface area (TPSA) is 24.7 Å². The highest BCUT2D eigenvalue weighted by Gasteiger charge is 2.33. The molecule has 2 unspecified atom stereocenters. The van der Waals surface area contributed by atoms with Crippen LogP contribution in [0.1, 0.15) is 13.8 Å². The van der Waals surface area contributed by atoms with Crippen molar-refractivity contribution in [1.29, 1.82) is 0 Å². The van der Waals surface area contributed by atoms with Gasteiger partial charge in [0.25, 0.3) is 0 Å². The molecular weight excluding hydrogens is 164 g/mol. The average Bonchev–Trinajstić information content (AvgIpc) is 2.21. The largest absolute Gasteiger partial charge is 0.265 e. The van der Waals surface area contributed by atoms with E-state index in [1.807, 2.05) is 0 Å². The summed E-state index contributed by atoms with van der Waals surface area (Å²) >= 11 is 3.56. The van der Waals surface area contributed by atoms with Gasteiger partial charge in [0.2, 0.25) is 0 Å². The fourth-order valence-corrected chi connectivity index (χ4v) is 3.36. The zero-order valence-corrected chi connectivity index (χ0v) is 7.50. The summed E-state index contributed by atoms with van der Waals surface area (Å²) in [5.41, 5.74) is 0. The molecule has 2 atom stereocenters. The Kier molecular flexibility index (Phi) is 1.53. The zero-order valence-electron chi connectivity index (χ0n) is 5.87. The fourth-order valence-electron chi connectivity index (χ4n) is 1.07. The molecule has 0 aliphatic carbocycles. The van der Waals surface area contributed by atoms with Gasteiger partial charge in [-0.05, 0) is 13.8 Å². The molecule has 0 aromatic rings. The Bertz CT molecular complexity index is 198. The summed E-state index contributed by atoms with van der Waals surface area (Å²) < 4.78 is 0. The van der Waals surface area contributed by atoms with Crippen molar-refractivity contribution in [2.24, 2.45) is 9.98 Å². The molecule has 0 radical (unpaired) electrons. The quantitative estimate of drug-likeness (QED) is 0.558. The van der Waals surface area contributed by atoms with Crippen molar-refractivity contribution in [3.05, 3.63) is 0 Å². The van der Waals surface area contributed by atoms with Gasteiger partial charge >= 0.3 is 0 Å². The molecule has 10 heavy (non-hydrogen) atoms. The number of hydrogen-bond donors (Lipinski definition) is 0. The lowest BCUT2D eigenvalue weighted by atomic mass is 10.6. The van der Waals surface area contributed by atoms with Gasteiger partial charge in [0.1, 0.15) is 10.7 Å². The summed E-state index contributed by atoms with van der Waals surface area (Å²) in [7, 11) is 0. The molecule has 2 nitrogen and oxygen atoms in total. The summed E-state index contributed by atoms with van der Waals surface area (Å²) in [4.78, 5) is 8.86. The van der Waals surface area contributed by atoms with E-state index < -0.39 is 0 Å². The van der Waals surface area contributed by atoms with Crippen LogP contribution in [0.3, 0.4) is 0 Å². The van der Waals surface area contributed by atoms with Crippen molar-refractivity contribution >= 4 is 33.6 Å². The van der Waals surface area contributed by atoms with E-state index in [4.69, 9.17) is 0 Å². The van der Waals surface area contributed by atoms with Crippen LogP contribution in [0.5, 0.6) is 0 Å². The molecule has 0 saturated heterocycles. The molecule has 0 amide bonds. The van der Waals surface area contributed by atoms with E-state index in [1.165, 1.54) is 10.1 Å². The Labute approximate surface area is 68.6 Å². The van der Waals surface area contributed by atoms with Crippen molar-refractivity contribution in [3.63, 3.8) is 0 Å². The molecule has 2 heterocycles. The Morgan fingerprint density at radius 3 is 1.80 bits per heavy atom. The summed E-state index contributed by atoms with van der Waals surface area (Å²) in [6.45, 7) is 4.10. The second-order valence-electron chi connectivity index (χ2n) is 2.31. The van der Waals surface area contributed by atoms with E-state index in [0.717, 1.165) is 0 Å². The van der Waals surface area contributed by atoms with Crippen LogP contribution in [0.2, 0.25) is 0 Å². The Morgan fingerprint density at radius 1 is 1.00 bits per heavy atom. The summed E-state index contributed by atoms with van der Waals surface area (Å²) in [6, 6.07) is 0. The van der Waals surface area contributed by atoms with Gasteiger partial charge in [-0.25, -0.2) is 0 Å². The Morgan fingerprint density at radius 2 is 1.40 bits per heavy atom. The zero-order chi connectivity index (χ0) is 7.14. The first kappa shape index (κ1) is 6.73. The maximum atomic E-state index is 4.43. The van der Waals surface area contributed by atoms with Gasteiger partial charge in [-0.2, -0.15) is 0 Å². The fraction of sp³-hybridized carbons (Fsp3) is 0.667. The number of hydrogen-bond acceptors (Lipinski definition) is 4. The monoisotopic (exact) mass is 172 g/mol. The minimum Gasteiger partial charge on any atom is -0.265 e. The Balaban J connectivity index is 2.17. The molecule has 2 aliphatic heterocycles. The number of nitrogens with zero attached hydrogens (tertiary/aromatic N) is 2. The minimum atomic E-state index is 0.394. The van der Waals surface area contributed by atoms with Gasteiger partial charge in [0.05, 0.1) is 10.1 Å². The van der Waals surface area contributed by atoms with Crippen molar-refractivity contribution in [2.45, 2.75) is 24.6 Å². The second kappa shape index (κ2) is 2.27. The van der Waals surface area contributed by atoms with E-state index in [9.17, 15) is 0 Å². The third-order valence-electron chi connectivity index (χ3n) is 1.44. The maximum Gasteiger partial charge on any atom is 0.134 e. The maximum absolute atomic E-state index is 4.43. The van der Waals surface area contributed by atoms with Crippen LogP contribution < -0.4 is 0 Å². The highest BCUT2D eigenvalue weighted by atomic mass is 32.2. The molecule has 0 saturated carbocycles. The standard InChI is InChI=1S/C6H8N2S2/c1-3-7-5-6(9-3)8-4(2)10-5/h5-6H,1-2H3. The normalized spacial score (nSPS) is 37.4. The van der Waals surface area contributed by atoms with Crippen LogP contribution in [0.25, 0.3) is 0 Å². The van der Waals surface area contributed by atoms with Crippen molar-refractivity contribution in [1.82, 2.24) is 0 Å². The molecule has 2 aliphatic rings.